The molecule has 1 aliphatic rings. The highest BCUT2D eigenvalue weighted by Crippen LogP contribution is 2.21. The number of carbonyl (C=O) groups is 2. The Morgan fingerprint density at radius 2 is 1.59 bits per heavy atom. The molecule has 0 bridgehead atoms. The Bertz CT molecular complexity index is 841. The van der Waals surface area contributed by atoms with Gasteiger partial charge < -0.3 is 15.1 Å². The summed E-state index contributed by atoms with van der Waals surface area (Å²) in [6.07, 6.45) is 1.77. The molecule has 0 radical (unpaired) electrons. The first-order chi connectivity index (χ1) is 14.0. The van der Waals surface area contributed by atoms with E-state index in [1.165, 1.54) is 12.1 Å². The maximum absolute atomic E-state index is 13.7. The van der Waals surface area contributed by atoms with Gasteiger partial charge in [-0.3, -0.25) is 9.59 Å². The van der Waals surface area contributed by atoms with Gasteiger partial charge in [0.1, 0.15) is 5.82 Å². The Morgan fingerprint density at radius 3 is 2.17 bits per heavy atom. The maximum atomic E-state index is 13.7. The van der Waals surface area contributed by atoms with Crippen molar-refractivity contribution < 1.29 is 14.0 Å². The van der Waals surface area contributed by atoms with Crippen LogP contribution >= 0.6 is 0 Å². The highest BCUT2D eigenvalue weighted by Gasteiger charge is 2.25. The number of amides is 2. The molecule has 0 aliphatic carbocycles. The van der Waals surface area contributed by atoms with Crippen molar-refractivity contribution in [2.75, 3.05) is 36.4 Å². The maximum Gasteiger partial charge on any atom is 0.258 e. The van der Waals surface area contributed by atoms with E-state index >= 15 is 0 Å². The molecule has 0 spiro atoms. The van der Waals surface area contributed by atoms with Gasteiger partial charge in [0, 0.05) is 43.5 Å². The average Bonchev–Trinajstić information content (AvgIpc) is 2.75. The summed E-state index contributed by atoms with van der Waals surface area (Å²) in [4.78, 5) is 29.0. The molecule has 154 valence electrons. The number of halogens is 1. The fourth-order valence-corrected chi connectivity index (χ4v) is 3.68. The molecule has 6 heteroatoms. The molecule has 0 saturated carbocycles. The van der Waals surface area contributed by atoms with Crippen LogP contribution in [0.15, 0.2) is 48.5 Å². The molecule has 0 atom stereocenters. The second-order valence-corrected chi connectivity index (χ2v) is 7.31. The largest absolute Gasteiger partial charge is 0.368 e. The smallest absolute Gasteiger partial charge is 0.258 e. The number of piperazine rings is 1. The van der Waals surface area contributed by atoms with Crippen LogP contribution < -0.4 is 10.2 Å². The van der Waals surface area contributed by atoms with E-state index in [-0.39, 0.29) is 17.4 Å². The summed E-state index contributed by atoms with van der Waals surface area (Å²) in [5.41, 5.74) is 1.68. The molecular formula is C23H28FN3O2. The Hall–Kier alpha value is -2.89. The van der Waals surface area contributed by atoms with Gasteiger partial charge in [0.25, 0.3) is 5.91 Å². The number of hydrogen-bond donors (Lipinski definition) is 1. The molecule has 1 aliphatic heterocycles. The van der Waals surface area contributed by atoms with E-state index in [1.807, 2.05) is 29.2 Å². The highest BCUT2D eigenvalue weighted by molar-refractivity contribution is 6.04. The quantitative estimate of drug-likeness (QED) is 0.796. The lowest BCUT2D eigenvalue weighted by atomic mass is 10.0. The van der Waals surface area contributed by atoms with Crippen LogP contribution in [0.4, 0.5) is 15.8 Å². The SMILES string of the molecule is CCC(CC)C(=O)N1CCN(c2ccc(NC(=O)c3ccccc3F)cc2)CC1. The van der Waals surface area contributed by atoms with Crippen molar-refractivity contribution in [3.63, 3.8) is 0 Å². The molecule has 29 heavy (non-hydrogen) atoms. The third kappa shape index (κ3) is 4.94. The Labute approximate surface area is 171 Å². The summed E-state index contributed by atoms with van der Waals surface area (Å²) in [6.45, 7) is 7.14. The van der Waals surface area contributed by atoms with Crippen molar-refractivity contribution in [2.24, 2.45) is 5.92 Å². The van der Waals surface area contributed by atoms with Crippen LogP contribution in [-0.4, -0.2) is 42.9 Å². The van der Waals surface area contributed by atoms with Crippen molar-refractivity contribution in [3.8, 4) is 0 Å². The van der Waals surface area contributed by atoms with E-state index in [2.05, 4.69) is 24.1 Å². The molecule has 0 aromatic heterocycles. The van der Waals surface area contributed by atoms with Gasteiger partial charge in [-0.2, -0.15) is 0 Å². The zero-order chi connectivity index (χ0) is 20.8. The van der Waals surface area contributed by atoms with Crippen LogP contribution in [0.3, 0.4) is 0 Å². The summed E-state index contributed by atoms with van der Waals surface area (Å²) < 4.78 is 13.7. The lowest BCUT2D eigenvalue weighted by Crippen LogP contribution is -2.50. The third-order valence-electron chi connectivity index (χ3n) is 5.53. The summed E-state index contributed by atoms with van der Waals surface area (Å²) in [5.74, 6) is -0.619. The minimum atomic E-state index is -0.539. The molecule has 0 unspecified atom stereocenters. The first kappa shape index (κ1) is 20.8. The second-order valence-electron chi connectivity index (χ2n) is 7.31. The molecule has 1 N–H and O–H groups in total. The van der Waals surface area contributed by atoms with Crippen LogP contribution in [0.2, 0.25) is 0 Å². The third-order valence-corrected chi connectivity index (χ3v) is 5.53. The number of hydrogen-bond acceptors (Lipinski definition) is 3. The molecule has 2 amide bonds. The van der Waals surface area contributed by atoms with Crippen LogP contribution in [0.5, 0.6) is 0 Å². The lowest BCUT2D eigenvalue weighted by molar-refractivity contribution is -0.136. The predicted molar refractivity (Wildman–Crippen MR) is 114 cm³/mol. The first-order valence-corrected chi connectivity index (χ1v) is 10.2. The molecule has 1 heterocycles. The van der Waals surface area contributed by atoms with Crippen molar-refractivity contribution in [2.45, 2.75) is 26.7 Å². The topological polar surface area (TPSA) is 52.7 Å². The number of benzene rings is 2. The standard InChI is InChI=1S/C23H28FN3O2/c1-3-17(4-2)23(29)27-15-13-26(14-16-27)19-11-9-18(10-12-19)25-22(28)20-7-5-6-8-21(20)24/h5-12,17H,3-4,13-16H2,1-2H3,(H,25,28). The molecule has 5 nitrogen and oxygen atoms in total. The van der Waals surface area contributed by atoms with Crippen molar-refractivity contribution >= 4 is 23.2 Å². The van der Waals surface area contributed by atoms with Crippen molar-refractivity contribution in [1.29, 1.82) is 0 Å². The molecule has 1 fully saturated rings. The van der Waals surface area contributed by atoms with Crippen LogP contribution in [0, 0.1) is 11.7 Å². The van der Waals surface area contributed by atoms with Crippen molar-refractivity contribution in [3.05, 3.63) is 59.9 Å². The molecular weight excluding hydrogens is 369 g/mol. The molecule has 3 rings (SSSR count). The number of nitrogens with zero attached hydrogens (tertiary/aromatic N) is 2. The van der Waals surface area contributed by atoms with Crippen LogP contribution in [-0.2, 0) is 4.79 Å². The van der Waals surface area contributed by atoms with E-state index in [0.29, 0.717) is 5.69 Å². The van der Waals surface area contributed by atoms with Crippen molar-refractivity contribution in [1.82, 2.24) is 4.90 Å². The van der Waals surface area contributed by atoms with Gasteiger partial charge in [-0.15, -0.1) is 0 Å². The average molecular weight is 397 g/mol. The zero-order valence-corrected chi connectivity index (χ0v) is 17.0. The van der Waals surface area contributed by atoms with Gasteiger partial charge in [-0.05, 0) is 49.2 Å². The summed E-state index contributed by atoms with van der Waals surface area (Å²) >= 11 is 0. The first-order valence-electron chi connectivity index (χ1n) is 10.2. The summed E-state index contributed by atoms with van der Waals surface area (Å²) in [7, 11) is 0. The fraction of sp³-hybridized carbons (Fsp3) is 0.391. The summed E-state index contributed by atoms with van der Waals surface area (Å²) in [6, 6.07) is 13.4. The predicted octanol–water partition coefficient (Wildman–Crippen LogP) is 4.16. The van der Waals surface area contributed by atoms with Gasteiger partial charge in [-0.25, -0.2) is 4.39 Å². The number of nitrogens with one attached hydrogen (secondary N) is 1. The molecule has 1 saturated heterocycles. The second kappa shape index (κ2) is 9.54. The minimum Gasteiger partial charge on any atom is -0.368 e. The molecule has 2 aromatic carbocycles. The number of rotatable bonds is 6. The van der Waals surface area contributed by atoms with E-state index in [0.717, 1.165) is 44.7 Å². The Morgan fingerprint density at radius 1 is 0.966 bits per heavy atom. The van der Waals surface area contributed by atoms with Gasteiger partial charge >= 0.3 is 0 Å². The van der Waals surface area contributed by atoms with E-state index in [9.17, 15) is 14.0 Å². The minimum absolute atomic E-state index is 0.0230. The number of carbonyl (C=O) groups excluding carboxylic acids is 2. The zero-order valence-electron chi connectivity index (χ0n) is 17.0. The number of anilines is 2. The Balaban J connectivity index is 1.57. The fourth-order valence-electron chi connectivity index (χ4n) is 3.68. The van der Waals surface area contributed by atoms with E-state index in [1.54, 1.807) is 12.1 Å². The molecule has 2 aromatic rings. The van der Waals surface area contributed by atoms with Crippen LogP contribution in [0.1, 0.15) is 37.0 Å². The van der Waals surface area contributed by atoms with Gasteiger partial charge in [0.05, 0.1) is 5.56 Å². The van der Waals surface area contributed by atoms with Gasteiger partial charge in [0.2, 0.25) is 5.91 Å². The highest BCUT2D eigenvalue weighted by atomic mass is 19.1. The van der Waals surface area contributed by atoms with Gasteiger partial charge in [-0.1, -0.05) is 26.0 Å². The normalized spacial score (nSPS) is 14.2. The summed E-state index contributed by atoms with van der Waals surface area (Å²) in [5, 5.41) is 2.73. The van der Waals surface area contributed by atoms with Gasteiger partial charge in [0.15, 0.2) is 0 Å². The lowest BCUT2D eigenvalue weighted by Gasteiger charge is -2.37. The van der Waals surface area contributed by atoms with E-state index < -0.39 is 11.7 Å². The Kier molecular flexibility index (Phi) is 6.86. The van der Waals surface area contributed by atoms with E-state index in [4.69, 9.17) is 0 Å². The van der Waals surface area contributed by atoms with Crippen LogP contribution in [0.25, 0.3) is 0 Å². The monoisotopic (exact) mass is 397 g/mol.